The SMILES string of the molecule is Cc1cc2c(o1)CC(C)(C)CC2NC(=O)NCc1cn2ccsc2n1. The lowest BCUT2D eigenvalue weighted by molar-refractivity contribution is 0.214. The zero-order valence-corrected chi connectivity index (χ0v) is 15.4. The van der Waals surface area contributed by atoms with Crippen molar-refractivity contribution in [1.29, 1.82) is 0 Å². The Labute approximate surface area is 150 Å². The summed E-state index contributed by atoms with van der Waals surface area (Å²) in [5, 5.41) is 8.00. The lowest BCUT2D eigenvalue weighted by atomic mass is 9.75. The first kappa shape index (κ1) is 16.2. The summed E-state index contributed by atoms with van der Waals surface area (Å²) >= 11 is 1.58. The van der Waals surface area contributed by atoms with Gasteiger partial charge in [-0.3, -0.25) is 4.40 Å². The average Bonchev–Trinajstić information content (AvgIpc) is 3.17. The number of rotatable bonds is 3. The topological polar surface area (TPSA) is 71.6 Å². The Morgan fingerprint density at radius 1 is 1.52 bits per heavy atom. The predicted molar refractivity (Wildman–Crippen MR) is 96.7 cm³/mol. The second kappa shape index (κ2) is 5.91. The van der Waals surface area contributed by atoms with E-state index >= 15 is 0 Å². The number of aromatic nitrogens is 2. The molecule has 2 N–H and O–H groups in total. The van der Waals surface area contributed by atoms with Gasteiger partial charge < -0.3 is 15.1 Å². The van der Waals surface area contributed by atoms with Crippen LogP contribution in [-0.2, 0) is 13.0 Å². The maximum Gasteiger partial charge on any atom is 0.315 e. The number of carbonyl (C=O) groups excluding carboxylic acids is 1. The van der Waals surface area contributed by atoms with Gasteiger partial charge in [-0.1, -0.05) is 13.8 Å². The quantitative estimate of drug-likeness (QED) is 0.748. The third-order valence-electron chi connectivity index (χ3n) is 4.61. The first-order valence-electron chi connectivity index (χ1n) is 8.44. The summed E-state index contributed by atoms with van der Waals surface area (Å²) in [7, 11) is 0. The minimum Gasteiger partial charge on any atom is -0.466 e. The molecule has 1 unspecified atom stereocenters. The van der Waals surface area contributed by atoms with Gasteiger partial charge >= 0.3 is 6.03 Å². The van der Waals surface area contributed by atoms with Crippen LogP contribution in [0, 0.1) is 12.3 Å². The van der Waals surface area contributed by atoms with Crippen molar-refractivity contribution >= 4 is 22.3 Å². The lowest BCUT2D eigenvalue weighted by Crippen LogP contribution is -2.41. The van der Waals surface area contributed by atoms with Crippen LogP contribution in [-0.4, -0.2) is 15.4 Å². The van der Waals surface area contributed by atoms with Gasteiger partial charge in [-0.25, -0.2) is 9.78 Å². The molecule has 0 saturated heterocycles. The largest absolute Gasteiger partial charge is 0.466 e. The van der Waals surface area contributed by atoms with E-state index in [0.29, 0.717) is 6.54 Å². The number of amides is 2. The fraction of sp³-hybridized carbons (Fsp3) is 0.444. The zero-order chi connectivity index (χ0) is 17.6. The Balaban J connectivity index is 1.42. The fourth-order valence-electron chi connectivity index (χ4n) is 3.55. The number of hydrogen-bond donors (Lipinski definition) is 2. The molecule has 2 amide bonds. The van der Waals surface area contributed by atoms with Crippen molar-refractivity contribution < 1.29 is 9.21 Å². The van der Waals surface area contributed by atoms with Crippen molar-refractivity contribution in [3.05, 3.63) is 46.6 Å². The molecule has 3 aromatic heterocycles. The summed E-state index contributed by atoms with van der Waals surface area (Å²) in [5.41, 5.74) is 2.06. The maximum absolute atomic E-state index is 12.4. The van der Waals surface area contributed by atoms with Gasteiger partial charge in [-0.05, 0) is 24.8 Å². The van der Waals surface area contributed by atoms with Crippen LogP contribution >= 0.6 is 11.3 Å². The molecular weight excluding hydrogens is 336 g/mol. The third kappa shape index (κ3) is 3.28. The van der Waals surface area contributed by atoms with Crippen LogP contribution in [0.5, 0.6) is 0 Å². The highest BCUT2D eigenvalue weighted by molar-refractivity contribution is 7.15. The van der Waals surface area contributed by atoms with Crippen molar-refractivity contribution in [1.82, 2.24) is 20.0 Å². The summed E-state index contributed by atoms with van der Waals surface area (Å²) < 4.78 is 7.79. The molecule has 3 heterocycles. The second-order valence-corrected chi connectivity index (χ2v) is 8.36. The Hall–Kier alpha value is -2.28. The molecule has 3 aromatic rings. The highest BCUT2D eigenvalue weighted by Crippen LogP contribution is 2.41. The van der Waals surface area contributed by atoms with E-state index in [1.165, 1.54) is 0 Å². The van der Waals surface area contributed by atoms with Crippen LogP contribution in [0.15, 0.2) is 28.3 Å². The summed E-state index contributed by atoms with van der Waals surface area (Å²) in [6.07, 6.45) is 5.70. The molecule has 4 rings (SSSR count). The molecular formula is C18H22N4O2S. The van der Waals surface area contributed by atoms with Crippen LogP contribution < -0.4 is 10.6 Å². The van der Waals surface area contributed by atoms with E-state index in [9.17, 15) is 4.79 Å². The zero-order valence-electron chi connectivity index (χ0n) is 14.6. The summed E-state index contributed by atoms with van der Waals surface area (Å²) in [5.74, 6) is 1.89. The van der Waals surface area contributed by atoms with Gasteiger partial charge in [0.1, 0.15) is 11.5 Å². The highest BCUT2D eigenvalue weighted by Gasteiger charge is 2.35. The number of urea groups is 1. The van der Waals surface area contributed by atoms with E-state index < -0.39 is 0 Å². The van der Waals surface area contributed by atoms with Gasteiger partial charge in [-0.2, -0.15) is 0 Å². The van der Waals surface area contributed by atoms with Crippen LogP contribution in [0.4, 0.5) is 4.79 Å². The molecule has 0 fully saturated rings. The van der Waals surface area contributed by atoms with Crippen LogP contribution in [0.3, 0.4) is 0 Å². The van der Waals surface area contributed by atoms with Crippen LogP contribution in [0.25, 0.3) is 4.96 Å². The van der Waals surface area contributed by atoms with E-state index in [2.05, 4.69) is 29.5 Å². The molecule has 0 aromatic carbocycles. The molecule has 132 valence electrons. The molecule has 6 nitrogen and oxygen atoms in total. The van der Waals surface area contributed by atoms with Crippen LogP contribution in [0.2, 0.25) is 0 Å². The first-order valence-corrected chi connectivity index (χ1v) is 9.32. The summed E-state index contributed by atoms with van der Waals surface area (Å²) in [6.45, 7) is 6.77. The van der Waals surface area contributed by atoms with Crippen molar-refractivity contribution in [2.75, 3.05) is 0 Å². The number of nitrogens with one attached hydrogen (secondary N) is 2. The van der Waals surface area contributed by atoms with Crippen LogP contribution in [0.1, 0.15) is 49.1 Å². The standard InChI is InChI=1S/C18H22N4O2S/c1-11-6-13-14(7-18(2,3)8-15(13)24-11)21-16(23)19-9-12-10-22-4-5-25-17(22)20-12/h4-6,10,14H,7-9H2,1-3H3,(H2,19,21,23). The number of thiazole rings is 1. The molecule has 0 radical (unpaired) electrons. The molecule has 1 atom stereocenters. The number of furan rings is 1. The minimum atomic E-state index is -0.177. The third-order valence-corrected chi connectivity index (χ3v) is 5.39. The normalized spacial score (nSPS) is 18.9. The first-order chi connectivity index (χ1) is 11.9. The maximum atomic E-state index is 12.4. The molecule has 0 bridgehead atoms. The van der Waals surface area contributed by atoms with Crippen molar-refractivity contribution in [2.45, 2.75) is 46.2 Å². The Morgan fingerprint density at radius 2 is 2.36 bits per heavy atom. The van der Waals surface area contributed by atoms with Gasteiger partial charge in [0.15, 0.2) is 4.96 Å². The molecule has 25 heavy (non-hydrogen) atoms. The predicted octanol–water partition coefficient (Wildman–Crippen LogP) is 3.81. The van der Waals surface area contributed by atoms with Gasteiger partial charge in [0.05, 0.1) is 18.3 Å². The molecule has 0 saturated carbocycles. The van der Waals surface area contributed by atoms with Crippen molar-refractivity contribution in [3.63, 3.8) is 0 Å². The summed E-state index contributed by atoms with van der Waals surface area (Å²) in [6, 6.07) is 1.84. The van der Waals surface area contributed by atoms with Gasteiger partial charge in [0.25, 0.3) is 0 Å². The average molecular weight is 358 g/mol. The number of fused-ring (bicyclic) bond motifs is 2. The van der Waals surface area contributed by atoms with Crippen molar-refractivity contribution in [3.8, 4) is 0 Å². The molecule has 0 aliphatic heterocycles. The minimum absolute atomic E-state index is 0.0262. The smallest absolute Gasteiger partial charge is 0.315 e. The van der Waals surface area contributed by atoms with E-state index in [1.54, 1.807) is 11.3 Å². The Morgan fingerprint density at radius 3 is 3.16 bits per heavy atom. The number of nitrogens with zero attached hydrogens (tertiary/aromatic N) is 2. The monoisotopic (exact) mass is 358 g/mol. The molecule has 0 spiro atoms. The van der Waals surface area contributed by atoms with Gasteiger partial charge in [-0.15, -0.1) is 11.3 Å². The van der Waals surface area contributed by atoms with E-state index in [0.717, 1.165) is 40.6 Å². The van der Waals surface area contributed by atoms with E-state index in [4.69, 9.17) is 4.42 Å². The lowest BCUT2D eigenvalue weighted by Gasteiger charge is -2.34. The van der Waals surface area contributed by atoms with Gasteiger partial charge in [0, 0.05) is 29.8 Å². The summed E-state index contributed by atoms with van der Waals surface area (Å²) in [4.78, 5) is 17.8. The Bertz CT molecular complexity index is 892. The fourth-order valence-corrected chi connectivity index (χ4v) is 4.27. The molecule has 1 aliphatic carbocycles. The Kier molecular flexibility index (Phi) is 3.83. The second-order valence-electron chi connectivity index (χ2n) is 7.49. The van der Waals surface area contributed by atoms with E-state index in [1.807, 2.05) is 35.2 Å². The number of imidazole rings is 1. The molecule has 1 aliphatic rings. The highest BCUT2D eigenvalue weighted by atomic mass is 32.1. The number of aryl methyl sites for hydroxylation is 1. The molecule has 7 heteroatoms. The van der Waals surface area contributed by atoms with E-state index in [-0.39, 0.29) is 17.5 Å². The van der Waals surface area contributed by atoms with Crippen molar-refractivity contribution in [2.24, 2.45) is 5.41 Å². The number of carbonyl (C=O) groups is 1. The van der Waals surface area contributed by atoms with Gasteiger partial charge in [0.2, 0.25) is 0 Å². The number of hydrogen-bond acceptors (Lipinski definition) is 4.